The molecule has 0 saturated carbocycles. The van der Waals surface area contributed by atoms with Gasteiger partial charge in [0.25, 0.3) is 0 Å². The zero-order valence-corrected chi connectivity index (χ0v) is 9.16. The van der Waals surface area contributed by atoms with Crippen molar-refractivity contribution in [2.24, 2.45) is 5.73 Å². The van der Waals surface area contributed by atoms with Crippen LogP contribution in [0, 0.1) is 0 Å². The fourth-order valence-corrected chi connectivity index (χ4v) is 1.66. The Morgan fingerprint density at radius 2 is 2.40 bits per heavy atom. The number of rotatable bonds is 3. The maximum atomic E-state index is 11.8. The molecule has 0 bridgehead atoms. The van der Waals surface area contributed by atoms with Gasteiger partial charge in [0, 0.05) is 13.1 Å². The lowest BCUT2D eigenvalue weighted by atomic mass is 10.1. The average molecular weight is 213 g/mol. The van der Waals surface area contributed by atoms with E-state index < -0.39 is 6.04 Å². The fourth-order valence-electron chi connectivity index (χ4n) is 1.66. The molecule has 0 unspecified atom stereocenters. The van der Waals surface area contributed by atoms with Crippen LogP contribution < -0.4 is 11.1 Å². The number of nitrogens with one attached hydrogen (secondary N) is 1. The van der Waals surface area contributed by atoms with E-state index in [0.717, 1.165) is 12.8 Å². The normalized spacial score (nSPS) is 19.3. The Kier molecular flexibility index (Phi) is 4.55. The Hall–Kier alpha value is -1.10. The highest BCUT2D eigenvalue weighted by Gasteiger charge is 2.23. The summed E-state index contributed by atoms with van der Waals surface area (Å²) in [6.07, 6.45) is 2.36. The predicted molar refractivity (Wildman–Crippen MR) is 57.1 cm³/mol. The van der Waals surface area contributed by atoms with Crippen molar-refractivity contribution in [3.8, 4) is 0 Å². The average Bonchev–Trinajstić information content (AvgIpc) is 2.42. The Balaban J connectivity index is 2.53. The molecule has 1 fully saturated rings. The molecule has 5 heteroatoms. The number of nitrogens with two attached hydrogens (primary N) is 1. The minimum atomic E-state index is -0.458. The molecule has 5 nitrogen and oxygen atoms in total. The van der Waals surface area contributed by atoms with Crippen molar-refractivity contribution in [3.63, 3.8) is 0 Å². The fraction of sp³-hybridized carbons (Fsp3) is 0.800. The van der Waals surface area contributed by atoms with Crippen molar-refractivity contribution in [1.29, 1.82) is 0 Å². The lowest BCUT2D eigenvalue weighted by Gasteiger charge is -2.22. The minimum Gasteiger partial charge on any atom is -0.354 e. The smallest absolute Gasteiger partial charge is 0.239 e. The third-order valence-corrected chi connectivity index (χ3v) is 2.49. The van der Waals surface area contributed by atoms with Gasteiger partial charge in [-0.05, 0) is 12.8 Å². The number of hydrogen-bond donors (Lipinski definition) is 2. The first-order chi connectivity index (χ1) is 7.15. The van der Waals surface area contributed by atoms with E-state index >= 15 is 0 Å². The van der Waals surface area contributed by atoms with E-state index in [-0.39, 0.29) is 18.4 Å². The summed E-state index contributed by atoms with van der Waals surface area (Å²) >= 11 is 0. The van der Waals surface area contributed by atoms with Gasteiger partial charge in [-0.25, -0.2) is 0 Å². The summed E-state index contributed by atoms with van der Waals surface area (Å²) in [5.41, 5.74) is 5.73. The first kappa shape index (κ1) is 12.0. The van der Waals surface area contributed by atoms with Gasteiger partial charge in [0.1, 0.15) is 0 Å². The van der Waals surface area contributed by atoms with E-state index in [0.29, 0.717) is 19.5 Å². The molecule has 15 heavy (non-hydrogen) atoms. The highest BCUT2D eigenvalue weighted by Crippen LogP contribution is 2.03. The molecular formula is C10H19N3O2. The lowest BCUT2D eigenvalue weighted by molar-refractivity contribution is -0.136. The van der Waals surface area contributed by atoms with Crippen LogP contribution >= 0.6 is 0 Å². The van der Waals surface area contributed by atoms with Gasteiger partial charge < -0.3 is 16.0 Å². The van der Waals surface area contributed by atoms with Gasteiger partial charge in [0.2, 0.25) is 11.8 Å². The van der Waals surface area contributed by atoms with Crippen LogP contribution in [0.25, 0.3) is 0 Å². The zero-order chi connectivity index (χ0) is 11.3. The van der Waals surface area contributed by atoms with E-state index in [9.17, 15) is 9.59 Å². The van der Waals surface area contributed by atoms with Crippen molar-refractivity contribution in [3.05, 3.63) is 0 Å². The van der Waals surface area contributed by atoms with E-state index in [1.165, 1.54) is 0 Å². The standard InChI is InChI=1S/C10H19N3O2/c1-2-4-8(11)10(15)13-6-3-5-12-9(14)7-13/h8H,2-7,11H2,1H3,(H,12,14)/t8-/m0/s1. The Labute approximate surface area is 90.0 Å². The molecule has 2 amide bonds. The van der Waals surface area contributed by atoms with Crippen LogP contribution in [-0.2, 0) is 9.59 Å². The summed E-state index contributed by atoms with van der Waals surface area (Å²) in [6, 6.07) is -0.458. The van der Waals surface area contributed by atoms with Crippen LogP contribution in [0.1, 0.15) is 26.2 Å². The Morgan fingerprint density at radius 3 is 3.07 bits per heavy atom. The second-order valence-electron chi connectivity index (χ2n) is 3.86. The molecule has 0 aromatic heterocycles. The molecule has 0 aromatic carbocycles. The van der Waals surface area contributed by atoms with E-state index in [1.54, 1.807) is 4.90 Å². The van der Waals surface area contributed by atoms with E-state index in [2.05, 4.69) is 5.32 Å². The maximum absolute atomic E-state index is 11.8. The third-order valence-electron chi connectivity index (χ3n) is 2.49. The molecule has 86 valence electrons. The molecule has 1 aliphatic rings. The molecular weight excluding hydrogens is 194 g/mol. The predicted octanol–water partition coefficient (Wildman–Crippen LogP) is -0.538. The zero-order valence-electron chi connectivity index (χ0n) is 9.16. The first-order valence-electron chi connectivity index (χ1n) is 5.46. The van der Waals surface area contributed by atoms with Crippen LogP contribution in [-0.4, -0.2) is 42.4 Å². The number of carbonyl (C=O) groups excluding carboxylic acids is 2. The van der Waals surface area contributed by atoms with Crippen molar-refractivity contribution in [2.75, 3.05) is 19.6 Å². The SMILES string of the molecule is CCC[C@H](N)C(=O)N1CCCNC(=O)C1. The Bertz CT molecular complexity index is 243. The Morgan fingerprint density at radius 1 is 1.67 bits per heavy atom. The van der Waals surface area contributed by atoms with Crippen LogP contribution in [0.2, 0.25) is 0 Å². The molecule has 1 rings (SSSR count). The topological polar surface area (TPSA) is 75.4 Å². The van der Waals surface area contributed by atoms with Gasteiger partial charge in [-0.15, -0.1) is 0 Å². The number of nitrogens with zero attached hydrogens (tertiary/aromatic N) is 1. The first-order valence-corrected chi connectivity index (χ1v) is 5.46. The van der Waals surface area contributed by atoms with Gasteiger partial charge in [0.15, 0.2) is 0 Å². The largest absolute Gasteiger partial charge is 0.354 e. The van der Waals surface area contributed by atoms with Gasteiger partial charge in [-0.1, -0.05) is 13.3 Å². The van der Waals surface area contributed by atoms with Gasteiger partial charge in [-0.3, -0.25) is 9.59 Å². The lowest BCUT2D eigenvalue weighted by Crippen LogP contribution is -2.46. The van der Waals surface area contributed by atoms with Crippen LogP contribution in [0.4, 0.5) is 0 Å². The summed E-state index contributed by atoms with van der Waals surface area (Å²) in [4.78, 5) is 24.6. The van der Waals surface area contributed by atoms with Crippen molar-refractivity contribution >= 4 is 11.8 Å². The second kappa shape index (κ2) is 5.70. The molecule has 0 radical (unpaired) electrons. The van der Waals surface area contributed by atoms with Gasteiger partial charge in [-0.2, -0.15) is 0 Å². The quantitative estimate of drug-likeness (QED) is 0.661. The molecule has 1 atom stereocenters. The summed E-state index contributed by atoms with van der Waals surface area (Å²) in [6.45, 7) is 3.40. The number of amides is 2. The summed E-state index contributed by atoms with van der Waals surface area (Å²) in [5, 5.41) is 2.73. The second-order valence-corrected chi connectivity index (χ2v) is 3.86. The van der Waals surface area contributed by atoms with Crippen LogP contribution in [0.15, 0.2) is 0 Å². The molecule has 1 saturated heterocycles. The van der Waals surface area contributed by atoms with E-state index in [1.807, 2.05) is 6.92 Å². The number of hydrogen-bond acceptors (Lipinski definition) is 3. The third kappa shape index (κ3) is 3.51. The highest BCUT2D eigenvalue weighted by molar-refractivity contribution is 5.87. The van der Waals surface area contributed by atoms with Crippen molar-refractivity contribution in [1.82, 2.24) is 10.2 Å². The van der Waals surface area contributed by atoms with Gasteiger partial charge >= 0.3 is 0 Å². The molecule has 0 aromatic rings. The monoisotopic (exact) mass is 213 g/mol. The summed E-state index contributed by atoms with van der Waals surface area (Å²) in [5.74, 6) is -0.196. The highest BCUT2D eigenvalue weighted by atomic mass is 16.2. The molecule has 0 spiro atoms. The molecule has 0 aliphatic carbocycles. The maximum Gasteiger partial charge on any atom is 0.239 e. The molecule has 1 aliphatic heterocycles. The minimum absolute atomic E-state index is 0.0930. The van der Waals surface area contributed by atoms with E-state index in [4.69, 9.17) is 5.73 Å². The van der Waals surface area contributed by atoms with Crippen LogP contribution in [0.3, 0.4) is 0 Å². The van der Waals surface area contributed by atoms with Crippen LogP contribution in [0.5, 0.6) is 0 Å². The molecule has 3 N–H and O–H groups in total. The summed E-state index contributed by atoms with van der Waals surface area (Å²) < 4.78 is 0. The van der Waals surface area contributed by atoms with Gasteiger partial charge in [0.05, 0.1) is 12.6 Å². The number of carbonyl (C=O) groups is 2. The molecule has 1 heterocycles. The summed E-state index contributed by atoms with van der Waals surface area (Å²) in [7, 11) is 0. The van der Waals surface area contributed by atoms with Crippen molar-refractivity contribution < 1.29 is 9.59 Å². The van der Waals surface area contributed by atoms with Crippen molar-refractivity contribution in [2.45, 2.75) is 32.2 Å².